The van der Waals surface area contributed by atoms with Crippen LogP contribution in [0, 0.1) is 0 Å². The molecule has 2 aliphatic rings. The van der Waals surface area contributed by atoms with Crippen molar-refractivity contribution in [2.24, 2.45) is 0 Å². The van der Waals surface area contributed by atoms with E-state index in [1.54, 1.807) is 0 Å². The van der Waals surface area contributed by atoms with Crippen molar-refractivity contribution in [1.29, 1.82) is 0 Å². The zero-order valence-electron chi connectivity index (χ0n) is 12.5. The Kier molecular flexibility index (Phi) is 5.27. The van der Waals surface area contributed by atoms with Gasteiger partial charge in [-0.15, -0.1) is 13.2 Å². The largest absolute Gasteiger partial charge is 0.368 e. The summed E-state index contributed by atoms with van der Waals surface area (Å²) in [5, 5.41) is 0. The number of hydrogen-bond donors (Lipinski definition) is 0. The molecule has 0 atom stereocenters. The summed E-state index contributed by atoms with van der Waals surface area (Å²) in [5.74, 6) is 0. The third-order valence-corrected chi connectivity index (χ3v) is 5.00. The maximum Gasteiger partial charge on any atom is 0.0724 e. The molecule has 0 aromatic rings. The van der Waals surface area contributed by atoms with E-state index in [2.05, 4.69) is 25.3 Å². The van der Waals surface area contributed by atoms with Crippen LogP contribution in [0.15, 0.2) is 25.3 Å². The molecule has 1 nitrogen and oxygen atoms in total. The van der Waals surface area contributed by atoms with Gasteiger partial charge in [0.2, 0.25) is 0 Å². The molecule has 19 heavy (non-hydrogen) atoms. The lowest BCUT2D eigenvalue weighted by molar-refractivity contribution is -0.182. The van der Waals surface area contributed by atoms with Crippen molar-refractivity contribution in [3.05, 3.63) is 25.3 Å². The van der Waals surface area contributed by atoms with Gasteiger partial charge >= 0.3 is 0 Å². The molecule has 0 saturated heterocycles. The summed E-state index contributed by atoms with van der Waals surface area (Å²) in [6.45, 7) is 7.92. The predicted octanol–water partition coefficient (Wildman–Crippen LogP) is 5.56. The fourth-order valence-electron chi connectivity index (χ4n) is 4.07. The third-order valence-electron chi connectivity index (χ3n) is 5.00. The molecule has 2 aliphatic carbocycles. The Bertz CT molecular complexity index is 263. The summed E-state index contributed by atoms with van der Waals surface area (Å²) in [5.41, 5.74) is 0.167. The minimum Gasteiger partial charge on any atom is -0.368 e. The molecular formula is C18H30O. The average molecular weight is 262 g/mol. The molecule has 0 aromatic heterocycles. The van der Waals surface area contributed by atoms with E-state index in [-0.39, 0.29) is 11.2 Å². The van der Waals surface area contributed by atoms with Crippen LogP contribution in [0.3, 0.4) is 0 Å². The molecule has 0 bridgehead atoms. The summed E-state index contributed by atoms with van der Waals surface area (Å²) in [6.07, 6.45) is 19.1. The van der Waals surface area contributed by atoms with Crippen LogP contribution in [0.1, 0.15) is 77.0 Å². The first kappa shape index (κ1) is 14.8. The van der Waals surface area contributed by atoms with Crippen molar-refractivity contribution in [3.63, 3.8) is 0 Å². The maximum absolute atomic E-state index is 6.85. The van der Waals surface area contributed by atoms with Gasteiger partial charge in [0.25, 0.3) is 0 Å². The Morgan fingerprint density at radius 3 is 1.37 bits per heavy atom. The van der Waals surface area contributed by atoms with Gasteiger partial charge in [0.15, 0.2) is 0 Å². The number of rotatable bonds is 6. The second-order valence-electron chi connectivity index (χ2n) is 6.58. The smallest absolute Gasteiger partial charge is 0.0724 e. The predicted molar refractivity (Wildman–Crippen MR) is 82.3 cm³/mol. The van der Waals surface area contributed by atoms with Gasteiger partial charge in [0.1, 0.15) is 0 Å². The second kappa shape index (κ2) is 6.74. The van der Waals surface area contributed by atoms with Crippen LogP contribution in [-0.2, 0) is 4.74 Å². The van der Waals surface area contributed by atoms with E-state index in [9.17, 15) is 0 Å². The summed E-state index contributed by atoms with van der Waals surface area (Å²) in [4.78, 5) is 0. The lowest BCUT2D eigenvalue weighted by atomic mass is 9.78. The average Bonchev–Trinajstić information content (AvgIpc) is 2.41. The van der Waals surface area contributed by atoms with Crippen LogP contribution in [0.25, 0.3) is 0 Å². The van der Waals surface area contributed by atoms with Crippen LogP contribution in [0.4, 0.5) is 0 Å². The zero-order chi connectivity index (χ0) is 13.6. The van der Waals surface area contributed by atoms with Crippen LogP contribution in [0.5, 0.6) is 0 Å². The molecule has 2 rings (SSSR count). The lowest BCUT2D eigenvalue weighted by Gasteiger charge is -2.47. The van der Waals surface area contributed by atoms with E-state index in [0.29, 0.717) is 0 Å². The summed E-state index contributed by atoms with van der Waals surface area (Å²) in [7, 11) is 0. The first-order valence-electron chi connectivity index (χ1n) is 8.16. The van der Waals surface area contributed by atoms with Crippen molar-refractivity contribution in [2.75, 3.05) is 0 Å². The molecule has 2 saturated carbocycles. The van der Waals surface area contributed by atoms with E-state index in [4.69, 9.17) is 4.74 Å². The van der Waals surface area contributed by atoms with Gasteiger partial charge < -0.3 is 4.74 Å². The molecule has 0 amide bonds. The van der Waals surface area contributed by atoms with Crippen molar-refractivity contribution < 1.29 is 4.74 Å². The minimum atomic E-state index is 0.0837. The van der Waals surface area contributed by atoms with Gasteiger partial charge in [-0.25, -0.2) is 0 Å². The van der Waals surface area contributed by atoms with Gasteiger partial charge in [-0.05, 0) is 38.5 Å². The van der Waals surface area contributed by atoms with Gasteiger partial charge in [0, 0.05) is 0 Å². The summed E-state index contributed by atoms with van der Waals surface area (Å²) < 4.78 is 6.85. The van der Waals surface area contributed by atoms with Gasteiger partial charge in [-0.3, -0.25) is 0 Å². The quantitative estimate of drug-likeness (QED) is 0.569. The van der Waals surface area contributed by atoms with E-state index in [0.717, 1.165) is 12.8 Å². The van der Waals surface area contributed by atoms with Crippen LogP contribution in [0.2, 0.25) is 0 Å². The Labute approximate surface area is 119 Å². The van der Waals surface area contributed by atoms with E-state index in [1.807, 2.05) is 0 Å². The molecule has 0 aromatic carbocycles. The van der Waals surface area contributed by atoms with Crippen molar-refractivity contribution in [1.82, 2.24) is 0 Å². The monoisotopic (exact) mass is 262 g/mol. The molecule has 0 heterocycles. The highest BCUT2D eigenvalue weighted by Gasteiger charge is 2.41. The van der Waals surface area contributed by atoms with Crippen molar-refractivity contribution in [2.45, 2.75) is 88.3 Å². The lowest BCUT2D eigenvalue weighted by Crippen LogP contribution is -2.46. The molecule has 0 unspecified atom stereocenters. The van der Waals surface area contributed by atoms with Gasteiger partial charge in [-0.1, -0.05) is 50.7 Å². The molecule has 108 valence electrons. The van der Waals surface area contributed by atoms with Crippen LogP contribution in [-0.4, -0.2) is 11.2 Å². The van der Waals surface area contributed by atoms with Gasteiger partial charge in [-0.2, -0.15) is 0 Å². The highest BCUT2D eigenvalue weighted by molar-refractivity contribution is 4.98. The van der Waals surface area contributed by atoms with Crippen LogP contribution >= 0.6 is 0 Å². The van der Waals surface area contributed by atoms with Crippen molar-refractivity contribution >= 4 is 0 Å². The van der Waals surface area contributed by atoms with E-state index in [1.165, 1.54) is 64.2 Å². The summed E-state index contributed by atoms with van der Waals surface area (Å²) >= 11 is 0. The second-order valence-corrected chi connectivity index (χ2v) is 6.58. The fraction of sp³-hybridized carbons (Fsp3) is 0.778. The maximum atomic E-state index is 6.85. The number of hydrogen-bond acceptors (Lipinski definition) is 1. The molecule has 0 aliphatic heterocycles. The first-order valence-corrected chi connectivity index (χ1v) is 8.16. The SMILES string of the molecule is C=CCC1(OC2(CC=C)CCCCC2)CCCCC1. The highest BCUT2D eigenvalue weighted by Crippen LogP contribution is 2.44. The van der Waals surface area contributed by atoms with Crippen LogP contribution < -0.4 is 0 Å². The van der Waals surface area contributed by atoms with E-state index >= 15 is 0 Å². The normalized spacial score (nSPS) is 25.7. The Morgan fingerprint density at radius 2 is 1.05 bits per heavy atom. The standard InChI is InChI=1S/C18H30O/c1-3-11-17(13-7-5-8-14-17)19-18(12-4-2)15-9-6-10-16-18/h3-4H,1-2,5-16H2. The fourth-order valence-corrected chi connectivity index (χ4v) is 4.07. The molecule has 0 radical (unpaired) electrons. The van der Waals surface area contributed by atoms with Gasteiger partial charge in [0.05, 0.1) is 11.2 Å². The van der Waals surface area contributed by atoms with E-state index < -0.39 is 0 Å². The summed E-state index contributed by atoms with van der Waals surface area (Å²) in [6, 6.07) is 0. The molecule has 1 heteroatoms. The molecule has 0 N–H and O–H groups in total. The van der Waals surface area contributed by atoms with Crippen molar-refractivity contribution in [3.8, 4) is 0 Å². The molecule has 0 spiro atoms. The Morgan fingerprint density at radius 1 is 0.684 bits per heavy atom. The minimum absolute atomic E-state index is 0.0837. The zero-order valence-corrected chi connectivity index (χ0v) is 12.5. The third kappa shape index (κ3) is 3.72. The highest BCUT2D eigenvalue weighted by atomic mass is 16.5. The molecule has 2 fully saturated rings. The first-order chi connectivity index (χ1) is 9.24. The number of ether oxygens (including phenoxy) is 1. The Balaban J connectivity index is 2.11. The Hall–Kier alpha value is -0.560. The topological polar surface area (TPSA) is 9.23 Å². The molecular weight excluding hydrogens is 232 g/mol.